The first kappa shape index (κ1) is 12.3. The van der Waals surface area contributed by atoms with Crippen LogP contribution in [0.2, 0.25) is 0 Å². The lowest BCUT2D eigenvalue weighted by Crippen LogP contribution is -2.38. The van der Waals surface area contributed by atoms with Crippen LogP contribution in [0.25, 0.3) is 0 Å². The lowest BCUT2D eigenvalue weighted by Gasteiger charge is -2.24. The molecule has 0 aliphatic heterocycles. The molecule has 4 heteroatoms. The zero-order valence-electron chi connectivity index (χ0n) is 10.2. The quantitative estimate of drug-likeness (QED) is 0.505. The van der Waals surface area contributed by atoms with Crippen molar-refractivity contribution < 1.29 is 0 Å². The maximum atomic E-state index is 5.77. The Kier molecular flexibility index (Phi) is 4.88. The fourth-order valence-corrected chi connectivity index (χ4v) is 1.68. The monoisotopic (exact) mass is 212 g/mol. The molecule has 0 aromatic carbocycles. The Morgan fingerprint density at radius 3 is 2.53 bits per heavy atom. The van der Waals surface area contributed by atoms with E-state index < -0.39 is 0 Å². The van der Waals surface area contributed by atoms with Crippen molar-refractivity contribution in [2.45, 2.75) is 45.7 Å². The zero-order chi connectivity index (χ0) is 11.3. The summed E-state index contributed by atoms with van der Waals surface area (Å²) in [5, 5.41) is 3.19. The number of nitrogens with two attached hydrogens (primary N) is 1. The van der Waals surface area contributed by atoms with E-state index in [0.29, 0.717) is 18.0 Å². The first-order valence-electron chi connectivity index (χ1n) is 5.97. The average Bonchev–Trinajstić information content (AvgIpc) is 3.00. The SMILES string of the molecule is CCN(CC)[C@@H](C)CN=C(N)NC1CC1. The van der Waals surface area contributed by atoms with Gasteiger partial charge in [0.1, 0.15) is 0 Å². The van der Waals surface area contributed by atoms with Crippen molar-refractivity contribution in [1.29, 1.82) is 0 Å². The van der Waals surface area contributed by atoms with Gasteiger partial charge in [0.05, 0.1) is 6.54 Å². The fraction of sp³-hybridized carbons (Fsp3) is 0.909. The van der Waals surface area contributed by atoms with Gasteiger partial charge in [0, 0.05) is 12.1 Å². The first-order valence-corrected chi connectivity index (χ1v) is 5.97. The molecule has 88 valence electrons. The molecule has 1 aliphatic rings. The number of hydrogen-bond acceptors (Lipinski definition) is 2. The molecule has 0 aromatic heterocycles. The van der Waals surface area contributed by atoms with Gasteiger partial charge in [-0.1, -0.05) is 13.8 Å². The maximum absolute atomic E-state index is 5.77. The number of likely N-dealkylation sites (N-methyl/N-ethyl adjacent to an activating group) is 1. The van der Waals surface area contributed by atoms with E-state index in [1.165, 1.54) is 12.8 Å². The average molecular weight is 212 g/mol. The molecule has 0 heterocycles. The summed E-state index contributed by atoms with van der Waals surface area (Å²) in [5.74, 6) is 0.608. The third-order valence-electron chi connectivity index (χ3n) is 2.89. The van der Waals surface area contributed by atoms with Crippen LogP contribution in [-0.4, -0.2) is 42.6 Å². The smallest absolute Gasteiger partial charge is 0.188 e. The largest absolute Gasteiger partial charge is 0.370 e. The Labute approximate surface area is 92.9 Å². The van der Waals surface area contributed by atoms with E-state index in [1.54, 1.807) is 0 Å². The number of hydrogen-bond donors (Lipinski definition) is 2. The summed E-state index contributed by atoms with van der Waals surface area (Å²) in [6.45, 7) is 9.48. The fourth-order valence-electron chi connectivity index (χ4n) is 1.68. The lowest BCUT2D eigenvalue weighted by atomic mass is 10.3. The third kappa shape index (κ3) is 4.51. The van der Waals surface area contributed by atoms with E-state index in [0.717, 1.165) is 19.6 Å². The zero-order valence-corrected chi connectivity index (χ0v) is 10.2. The summed E-state index contributed by atoms with van der Waals surface area (Å²) in [6.07, 6.45) is 2.48. The highest BCUT2D eigenvalue weighted by atomic mass is 15.2. The van der Waals surface area contributed by atoms with Gasteiger partial charge in [-0.15, -0.1) is 0 Å². The molecule has 0 unspecified atom stereocenters. The van der Waals surface area contributed by atoms with E-state index in [9.17, 15) is 0 Å². The summed E-state index contributed by atoms with van der Waals surface area (Å²) in [5.41, 5.74) is 5.77. The molecule has 0 aromatic rings. The highest BCUT2D eigenvalue weighted by Gasteiger charge is 2.21. The van der Waals surface area contributed by atoms with E-state index >= 15 is 0 Å². The number of nitrogens with one attached hydrogen (secondary N) is 1. The van der Waals surface area contributed by atoms with Crippen LogP contribution in [0.4, 0.5) is 0 Å². The van der Waals surface area contributed by atoms with E-state index in [4.69, 9.17) is 5.73 Å². The molecule has 3 N–H and O–H groups in total. The minimum absolute atomic E-state index is 0.472. The van der Waals surface area contributed by atoms with Crippen LogP contribution in [0.3, 0.4) is 0 Å². The Hall–Kier alpha value is -0.770. The van der Waals surface area contributed by atoms with Gasteiger partial charge < -0.3 is 11.1 Å². The van der Waals surface area contributed by atoms with Crippen LogP contribution < -0.4 is 11.1 Å². The molecule has 1 atom stereocenters. The number of nitrogens with zero attached hydrogens (tertiary/aromatic N) is 2. The van der Waals surface area contributed by atoms with Crippen LogP contribution in [-0.2, 0) is 0 Å². The molecule has 0 radical (unpaired) electrons. The standard InChI is InChI=1S/C11H24N4/c1-4-15(5-2)9(3)8-13-11(12)14-10-6-7-10/h9-10H,4-8H2,1-3H3,(H3,12,13,14)/t9-/m0/s1. The minimum Gasteiger partial charge on any atom is -0.370 e. The summed E-state index contributed by atoms with van der Waals surface area (Å²) in [7, 11) is 0. The Morgan fingerprint density at radius 2 is 2.07 bits per heavy atom. The molecule has 1 saturated carbocycles. The summed E-state index contributed by atoms with van der Waals surface area (Å²) in [6, 6.07) is 1.07. The Balaban J connectivity index is 2.26. The molecule has 0 bridgehead atoms. The van der Waals surface area contributed by atoms with Gasteiger partial charge in [-0.05, 0) is 32.9 Å². The summed E-state index contributed by atoms with van der Waals surface area (Å²) < 4.78 is 0. The van der Waals surface area contributed by atoms with Gasteiger partial charge in [-0.2, -0.15) is 0 Å². The van der Waals surface area contributed by atoms with Crippen LogP contribution >= 0.6 is 0 Å². The highest BCUT2D eigenvalue weighted by molar-refractivity contribution is 5.78. The number of rotatable bonds is 6. The maximum Gasteiger partial charge on any atom is 0.188 e. The third-order valence-corrected chi connectivity index (χ3v) is 2.89. The van der Waals surface area contributed by atoms with Crippen LogP contribution in [0.5, 0.6) is 0 Å². The Bertz CT molecular complexity index is 207. The second-order valence-corrected chi connectivity index (χ2v) is 4.21. The van der Waals surface area contributed by atoms with Crippen molar-refractivity contribution >= 4 is 5.96 Å². The van der Waals surface area contributed by atoms with Crippen molar-refractivity contribution in [3.05, 3.63) is 0 Å². The van der Waals surface area contributed by atoms with Crippen molar-refractivity contribution in [2.75, 3.05) is 19.6 Å². The van der Waals surface area contributed by atoms with Gasteiger partial charge in [0.15, 0.2) is 5.96 Å². The first-order chi connectivity index (χ1) is 7.17. The van der Waals surface area contributed by atoms with Gasteiger partial charge in [-0.25, -0.2) is 0 Å². The Morgan fingerprint density at radius 1 is 1.47 bits per heavy atom. The molecule has 4 nitrogen and oxygen atoms in total. The molecule has 1 rings (SSSR count). The second-order valence-electron chi connectivity index (χ2n) is 4.21. The van der Waals surface area contributed by atoms with Crippen LogP contribution in [0, 0.1) is 0 Å². The minimum atomic E-state index is 0.472. The van der Waals surface area contributed by atoms with Crippen molar-refractivity contribution in [3.63, 3.8) is 0 Å². The predicted molar refractivity (Wildman–Crippen MR) is 65.0 cm³/mol. The van der Waals surface area contributed by atoms with E-state index in [1.807, 2.05) is 0 Å². The molecule has 1 aliphatic carbocycles. The summed E-state index contributed by atoms with van der Waals surface area (Å²) >= 11 is 0. The number of aliphatic imine (C=N–C) groups is 1. The molecular weight excluding hydrogens is 188 g/mol. The van der Waals surface area contributed by atoms with Crippen molar-refractivity contribution in [1.82, 2.24) is 10.2 Å². The normalized spacial score (nSPS) is 19.3. The molecule has 1 fully saturated rings. The summed E-state index contributed by atoms with van der Waals surface area (Å²) in [4.78, 5) is 6.75. The van der Waals surface area contributed by atoms with E-state index in [-0.39, 0.29) is 0 Å². The molecule has 15 heavy (non-hydrogen) atoms. The van der Waals surface area contributed by atoms with Gasteiger partial charge in [-0.3, -0.25) is 9.89 Å². The van der Waals surface area contributed by atoms with Gasteiger partial charge in [0.25, 0.3) is 0 Å². The van der Waals surface area contributed by atoms with Crippen LogP contribution in [0.15, 0.2) is 4.99 Å². The lowest BCUT2D eigenvalue weighted by molar-refractivity contribution is 0.237. The molecule has 0 amide bonds. The van der Waals surface area contributed by atoms with Crippen molar-refractivity contribution in [3.8, 4) is 0 Å². The predicted octanol–water partition coefficient (Wildman–Crippen LogP) is 0.783. The highest BCUT2D eigenvalue weighted by Crippen LogP contribution is 2.17. The molecule has 0 saturated heterocycles. The van der Waals surface area contributed by atoms with Gasteiger partial charge in [0.2, 0.25) is 0 Å². The number of guanidine groups is 1. The molecular formula is C11H24N4. The van der Waals surface area contributed by atoms with Gasteiger partial charge >= 0.3 is 0 Å². The second kappa shape index (κ2) is 5.95. The van der Waals surface area contributed by atoms with Crippen molar-refractivity contribution in [2.24, 2.45) is 10.7 Å². The molecule has 0 spiro atoms. The topological polar surface area (TPSA) is 53.6 Å². The van der Waals surface area contributed by atoms with Crippen LogP contribution in [0.1, 0.15) is 33.6 Å². The van der Waals surface area contributed by atoms with E-state index in [2.05, 4.69) is 36.0 Å².